The molecule has 0 saturated heterocycles. The molecule has 0 aromatic carbocycles. The number of Topliss-reactive ketones (excluding diaryl/α,β-unsaturated/α-hetero) is 1. The first kappa shape index (κ1) is 11.5. The summed E-state index contributed by atoms with van der Waals surface area (Å²) in [6, 6.07) is -0.366. The number of aliphatic imine (C=N–C) groups is 1. The predicted molar refractivity (Wildman–Crippen MR) is 53.6 cm³/mol. The smallest absolute Gasteiger partial charge is 0.207 e. The Morgan fingerprint density at radius 1 is 1.80 bits per heavy atom. The summed E-state index contributed by atoms with van der Waals surface area (Å²) in [6.45, 7) is 4.62. The second-order valence-electron chi connectivity index (χ2n) is 3.82. The average Bonchev–Trinajstić information content (AvgIpc) is 1.99. The van der Waals surface area contributed by atoms with Crippen LogP contribution in [0.25, 0.3) is 0 Å². The fourth-order valence-corrected chi connectivity index (χ4v) is 1.95. The molecule has 0 unspecified atom stereocenters. The van der Waals surface area contributed by atoms with Crippen molar-refractivity contribution in [2.75, 3.05) is 0 Å². The van der Waals surface area contributed by atoms with Gasteiger partial charge in [0.25, 0.3) is 0 Å². The molecule has 0 bridgehead atoms. The molecule has 1 heterocycles. The molecule has 0 spiro atoms. The van der Waals surface area contributed by atoms with Gasteiger partial charge in [-0.3, -0.25) is 10.1 Å². The summed E-state index contributed by atoms with van der Waals surface area (Å²) in [7, 11) is 0. The Balaban J connectivity index is 2.98. The molecule has 6 heteroatoms. The monoisotopic (exact) mass is 210 g/mol. The third-order valence-corrected chi connectivity index (χ3v) is 2.40. The second kappa shape index (κ2) is 3.87. The highest BCUT2D eigenvalue weighted by atomic mass is 16.3. The molecular weight excluding hydrogens is 196 g/mol. The highest BCUT2D eigenvalue weighted by molar-refractivity contribution is 5.87. The number of hydrogen-bond acceptors (Lipinski definition) is 6. The molecule has 0 fully saturated rings. The van der Waals surface area contributed by atoms with Crippen molar-refractivity contribution in [3.8, 4) is 6.19 Å². The van der Waals surface area contributed by atoms with Crippen LogP contribution in [0.3, 0.4) is 0 Å². The molecule has 0 amide bonds. The van der Waals surface area contributed by atoms with Gasteiger partial charge in [0.2, 0.25) is 5.96 Å². The Bertz CT molecular complexity index is 343. The second-order valence-corrected chi connectivity index (χ2v) is 3.82. The van der Waals surface area contributed by atoms with E-state index in [0.29, 0.717) is 0 Å². The number of hydrogen-bond donors (Lipinski definition) is 3. The third-order valence-electron chi connectivity index (χ3n) is 2.40. The zero-order valence-electron chi connectivity index (χ0n) is 8.90. The topological polar surface area (TPSA) is 97.5 Å². The lowest BCUT2D eigenvalue weighted by Crippen LogP contribution is -2.62. The maximum absolute atomic E-state index is 11.3. The van der Waals surface area contributed by atoms with E-state index in [0.717, 1.165) is 0 Å². The Labute approximate surface area is 88.0 Å². The summed E-state index contributed by atoms with van der Waals surface area (Å²) >= 11 is 0. The highest BCUT2D eigenvalue weighted by Gasteiger charge is 2.43. The standard InChI is InChI=1S/C9H14N4O2/c1-5-7(6(2)14)9(3,15)13-8(12-5)11-4-10/h5,7,15H,1-3H3,(H2,11,12,13)/t5-,7-,9+/m0/s1. The van der Waals surface area contributed by atoms with E-state index in [-0.39, 0.29) is 17.8 Å². The van der Waals surface area contributed by atoms with E-state index in [1.807, 2.05) is 0 Å². The van der Waals surface area contributed by atoms with Crippen LogP contribution in [-0.2, 0) is 4.79 Å². The predicted octanol–water partition coefficient (Wildman–Crippen LogP) is -0.682. The van der Waals surface area contributed by atoms with Crippen LogP contribution in [0.2, 0.25) is 0 Å². The summed E-state index contributed by atoms with van der Waals surface area (Å²) in [5.74, 6) is -0.561. The van der Waals surface area contributed by atoms with Gasteiger partial charge >= 0.3 is 0 Å². The van der Waals surface area contributed by atoms with E-state index in [1.54, 1.807) is 13.1 Å². The molecular formula is C9H14N4O2. The van der Waals surface area contributed by atoms with Crippen LogP contribution in [0.1, 0.15) is 20.8 Å². The van der Waals surface area contributed by atoms with Crippen molar-refractivity contribution in [1.82, 2.24) is 10.6 Å². The molecule has 0 radical (unpaired) electrons. The van der Waals surface area contributed by atoms with Crippen molar-refractivity contribution >= 4 is 11.7 Å². The van der Waals surface area contributed by atoms with Crippen LogP contribution in [0.15, 0.2) is 4.99 Å². The summed E-state index contributed by atoms with van der Waals surface area (Å²) < 4.78 is 0. The van der Waals surface area contributed by atoms with Gasteiger partial charge in [-0.05, 0) is 20.8 Å². The number of guanidine groups is 1. The van der Waals surface area contributed by atoms with Crippen molar-refractivity contribution in [1.29, 1.82) is 5.26 Å². The van der Waals surface area contributed by atoms with Crippen molar-refractivity contribution in [2.45, 2.75) is 32.5 Å². The van der Waals surface area contributed by atoms with Crippen molar-refractivity contribution in [3.63, 3.8) is 0 Å². The molecule has 0 aliphatic carbocycles. The average molecular weight is 210 g/mol. The molecule has 82 valence electrons. The first-order valence-electron chi connectivity index (χ1n) is 4.62. The molecule has 0 aromatic rings. The van der Waals surface area contributed by atoms with Crippen LogP contribution in [-0.4, -0.2) is 28.6 Å². The zero-order chi connectivity index (χ0) is 11.6. The minimum Gasteiger partial charge on any atom is -0.370 e. The van der Waals surface area contributed by atoms with Crippen molar-refractivity contribution < 1.29 is 9.90 Å². The van der Waals surface area contributed by atoms with Gasteiger partial charge in [0.15, 0.2) is 6.19 Å². The van der Waals surface area contributed by atoms with Gasteiger partial charge in [-0.1, -0.05) is 0 Å². The van der Waals surface area contributed by atoms with Gasteiger partial charge in [0.05, 0.1) is 12.0 Å². The maximum Gasteiger partial charge on any atom is 0.207 e. The van der Waals surface area contributed by atoms with Gasteiger partial charge in [0.1, 0.15) is 11.5 Å². The van der Waals surface area contributed by atoms with E-state index in [4.69, 9.17) is 5.26 Å². The number of aliphatic hydroxyl groups is 1. The van der Waals surface area contributed by atoms with Crippen LogP contribution in [0.4, 0.5) is 0 Å². The lowest BCUT2D eigenvalue weighted by Gasteiger charge is -2.38. The Morgan fingerprint density at radius 3 is 2.80 bits per heavy atom. The SMILES string of the molecule is CC(=O)[C@@H]1[C@H](C)N=C(NC#N)N[C@]1(C)O. The lowest BCUT2D eigenvalue weighted by atomic mass is 9.86. The Hall–Kier alpha value is -1.61. The van der Waals surface area contributed by atoms with E-state index in [2.05, 4.69) is 15.6 Å². The molecule has 0 saturated carbocycles. The van der Waals surface area contributed by atoms with E-state index in [9.17, 15) is 9.90 Å². The van der Waals surface area contributed by atoms with Gasteiger partial charge in [-0.15, -0.1) is 0 Å². The van der Waals surface area contributed by atoms with E-state index < -0.39 is 11.6 Å². The molecule has 1 rings (SSSR count). The van der Waals surface area contributed by atoms with Gasteiger partial charge in [0, 0.05) is 0 Å². The molecule has 0 aromatic heterocycles. The van der Waals surface area contributed by atoms with E-state index in [1.165, 1.54) is 13.8 Å². The fourth-order valence-electron chi connectivity index (χ4n) is 1.95. The van der Waals surface area contributed by atoms with Crippen LogP contribution < -0.4 is 10.6 Å². The third kappa shape index (κ3) is 2.25. The highest BCUT2D eigenvalue weighted by Crippen LogP contribution is 2.24. The summed E-state index contributed by atoms with van der Waals surface area (Å²) in [4.78, 5) is 15.4. The van der Waals surface area contributed by atoms with Crippen molar-refractivity contribution in [2.24, 2.45) is 10.9 Å². The van der Waals surface area contributed by atoms with Crippen LogP contribution >= 0.6 is 0 Å². The van der Waals surface area contributed by atoms with Gasteiger partial charge < -0.3 is 10.4 Å². The molecule has 6 nitrogen and oxygen atoms in total. The van der Waals surface area contributed by atoms with Crippen molar-refractivity contribution in [3.05, 3.63) is 0 Å². The number of carbonyl (C=O) groups excluding carboxylic acids is 1. The largest absolute Gasteiger partial charge is 0.370 e. The number of carbonyl (C=O) groups is 1. The minimum absolute atomic E-state index is 0.139. The molecule has 3 atom stereocenters. The van der Waals surface area contributed by atoms with Crippen LogP contribution in [0.5, 0.6) is 0 Å². The normalized spacial score (nSPS) is 34.7. The lowest BCUT2D eigenvalue weighted by molar-refractivity contribution is -0.132. The summed E-state index contributed by atoms with van der Waals surface area (Å²) in [6.07, 6.45) is 1.70. The number of ketones is 1. The zero-order valence-corrected chi connectivity index (χ0v) is 8.90. The van der Waals surface area contributed by atoms with Gasteiger partial charge in [-0.2, -0.15) is 5.26 Å². The van der Waals surface area contributed by atoms with Gasteiger partial charge in [-0.25, -0.2) is 4.99 Å². The summed E-state index contributed by atoms with van der Waals surface area (Å²) in [5, 5.41) is 23.3. The Kier molecular flexibility index (Phi) is 2.95. The summed E-state index contributed by atoms with van der Waals surface area (Å²) in [5.41, 5.74) is -1.38. The minimum atomic E-state index is -1.38. The Morgan fingerprint density at radius 2 is 2.40 bits per heavy atom. The number of nitrogens with zero attached hydrogens (tertiary/aromatic N) is 2. The number of rotatable bonds is 1. The van der Waals surface area contributed by atoms with Crippen LogP contribution in [0, 0.1) is 17.4 Å². The molecule has 1 aliphatic rings. The van der Waals surface area contributed by atoms with E-state index >= 15 is 0 Å². The molecule has 1 aliphatic heterocycles. The number of nitrogens with one attached hydrogen (secondary N) is 2. The maximum atomic E-state index is 11.3. The number of nitriles is 1. The quantitative estimate of drug-likeness (QED) is 0.393. The first-order chi connectivity index (χ1) is 6.88. The first-order valence-corrected chi connectivity index (χ1v) is 4.62. The fraction of sp³-hybridized carbons (Fsp3) is 0.667. The molecule has 3 N–H and O–H groups in total. The molecule has 15 heavy (non-hydrogen) atoms.